The third kappa shape index (κ3) is 5.67. The Hall–Kier alpha value is -0.810. The summed E-state index contributed by atoms with van der Waals surface area (Å²) in [5.41, 5.74) is 0. The number of ether oxygens (including phenoxy) is 2. The third-order valence-electron chi connectivity index (χ3n) is 3.32. The van der Waals surface area contributed by atoms with Gasteiger partial charge in [0, 0.05) is 24.7 Å². The van der Waals surface area contributed by atoms with Gasteiger partial charge >= 0.3 is 0 Å². The summed E-state index contributed by atoms with van der Waals surface area (Å²) in [5, 5.41) is 13.8. The van der Waals surface area contributed by atoms with E-state index in [0.717, 1.165) is 26.2 Å². The monoisotopic (exact) mass is 299 g/mol. The van der Waals surface area contributed by atoms with E-state index in [2.05, 4.69) is 5.32 Å². The van der Waals surface area contributed by atoms with Crippen molar-refractivity contribution >= 4 is 11.6 Å². The average Bonchev–Trinajstić information content (AvgIpc) is 2.48. The molecule has 1 aliphatic heterocycles. The van der Waals surface area contributed by atoms with Crippen molar-refractivity contribution in [3.63, 3.8) is 0 Å². The summed E-state index contributed by atoms with van der Waals surface area (Å²) in [6.45, 7) is 3.40. The first kappa shape index (κ1) is 15.6. The van der Waals surface area contributed by atoms with Gasteiger partial charge in [-0.05, 0) is 43.0 Å². The molecule has 0 amide bonds. The summed E-state index contributed by atoms with van der Waals surface area (Å²) in [4.78, 5) is 0. The van der Waals surface area contributed by atoms with Crippen LogP contribution >= 0.6 is 11.6 Å². The van der Waals surface area contributed by atoms with Crippen LogP contribution in [0.2, 0.25) is 5.02 Å². The van der Waals surface area contributed by atoms with E-state index >= 15 is 0 Å². The van der Waals surface area contributed by atoms with Crippen LogP contribution < -0.4 is 10.1 Å². The minimum Gasteiger partial charge on any atom is -0.491 e. The van der Waals surface area contributed by atoms with Crippen molar-refractivity contribution in [1.82, 2.24) is 5.32 Å². The van der Waals surface area contributed by atoms with Crippen LogP contribution in [0.15, 0.2) is 24.3 Å². The molecule has 2 unspecified atom stereocenters. The maximum atomic E-state index is 9.85. The quantitative estimate of drug-likeness (QED) is 0.809. The Morgan fingerprint density at radius 1 is 1.40 bits per heavy atom. The molecule has 5 heteroatoms. The zero-order chi connectivity index (χ0) is 14.2. The Morgan fingerprint density at radius 3 is 2.90 bits per heavy atom. The molecule has 1 aromatic rings. The SMILES string of the molecule is OC(CNCC1CCCOC1)COc1ccc(Cl)cc1. The van der Waals surface area contributed by atoms with Gasteiger partial charge in [0.15, 0.2) is 0 Å². The standard InChI is InChI=1S/C15H22ClNO3/c16-13-3-5-15(6-4-13)20-11-14(18)9-17-8-12-2-1-7-19-10-12/h3-6,12,14,17-18H,1-2,7-11H2. The molecule has 0 bridgehead atoms. The van der Waals surface area contributed by atoms with Gasteiger partial charge in [0.25, 0.3) is 0 Å². The lowest BCUT2D eigenvalue weighted by molar-refractivity contribution is 0.0516. The van der Waals surface area contributed by atoms with Crippen molar-refractivity contribution in [1.29, 1.82) is 0 Å². The van der Waals surface area contributed by atoms with E-state index in [-0.39, 0.29) is 6.61 Å². The van der Waals surface area contributed by atoms with Gasteiger partial charge in [-0.25, -0.2) is 0 Å². The molecule has 0 aromatic heterocycles. The fourth-order valence-electron chi connectivity index (χ4n) is 2.20. The van der Waals surface area contributed by atoms with Crippen molar-refractivity contribution in [2.75, 3.05) is 32.9 Å². The van der Waals surface area contributed by atoms with E-state index < -0.39 is 6.10 Å². The summed E-state index contributed by atoms with van der Waals surface area (Å²) in [7, 11) is 0. The zero-order valence-electron chi connectivity index (χ0n) is 11.6. The number of nitrogens with one attached hydrogen (secondary N) is 1. The third-order valence-corrected chi connectivity index (χ3v) is 3.58. The van der Waals surface area contributed by atoms with Crippen molar-refractivity contribution in [2.24, 2.45) is 5.92 Å². The highest BCUT2D eigenvalue weighted by Gasteiger charge is 2.14. The fourth-order valence-corrected chi connectivity index (χ4v) is 2.33. The topological polar surface area (TPSA) is 50.7 Å². The number of aliphatic hydroxyl groups is 1. The molecule has 1 heterocycles. The van der Waals surface area contributed by atoms with Crippen LogP contribution in [-0.2, 0) is 4.74 Å². The highest BCUT2D eigenvalue weighted by atomic mass is 35.5. The molecule has 2 atom stereocenters. The summed E-state index contributed by atoms with van der Waals surface area (Å²) in [6.07, 6.45) is 1.81. The number of halogens is 1. The lowest BCUT2D eigenvalue weighted by atomic mass is 10.0. The first-order valence-corrected chi connectivity index (χ1v) is 7.47. The predicted octanol–water partition coefficient (Wildman–Crippen LogP) is 2.10. The fraction of sp³-hybridized carbons (Fsp3) is 0.600. The Labute approximate surface area is 125 Å². The maximum Gasteiger partial charge on any atom is 0.119 e. The van der Waals surface area contributed by atoms with Gasteiger partial charge in [0.2, 0.25) is 0 Å². The first-order chi connectivity index (χ1) is 9.74. The van der Waals surface area contributed by atoms with Gasteiger partial charge in [0.1, 0.15) is 18.5 Å². The molecule has 0 spiro atoms. The second-order valence-corrected chi connectivity index (χ2v) is 5.60. The molecule has 1 saturated heterocycles. The maximum absolute atomic E-state index is 9.85. The number of hydrogen-bond acceptors (Lipinski definition) is 4. The first-order valence-electron chi connectivity index (χ1n) is 7.09. The number of rotatable bonds is 7. The van der Waals surface area contributed by atoms with Gasteiger partial charge < -0.3 is 19.9 Å². The minimum atomic E-state index is -0.518. The Balaban J connectivity index is 1.57. The van der Waals surface area contributed by atoms with Crippen LogP contribution in [0.25, 0.3) is 0 Å². The van der Waals surface area contributed by atoms with E-state index in [9.17, 15) is 5.11 Å². The van der Waals surface area contributed by atoms with Gasteiger partial charge in [-0.2, -0.15) is 0 Å². The minimum absolute atomic E-state index is 0.274. The van der Waals surface area contributed by atoms with E-state index in [4.69, 9.17) is 21.1 Å². The predicted molar refractivity (Wildman–Crippen MR) is 79.4 cm³/mol. The van der Waals surface area contributed by atoms with Crippen molar-refractivity contribution < 1.29 is 14.6 Å². The largest absolute Gasteiger partial charge is 0.491 e. The van der Waals surface area contributed by atoms with E-state index in [1.54, 1.807) is 24.3 Å². The number of aliphatic hydroxyl groups excluding tert-OH is 1. The number of hydrogen-bond donors (Lipinski definition) is 2. The molecule has 0 saturated carbocycles. The van der Waals surface area contributed by atoms with Gasteiger partial charge in [-0.1, -0.05) is 11.6 Å². The molecule has 20 heavy (non-hydrogen) atoms. The second kappa shape index (κ2) is 8.47. The van der Waals surface area contributed by atoms with Crippen LogP contribution in [0.3, 0.4) is 0 Å². The van der Waals surface area contributed by atoms with Crippen LogP contribution in [-0.4, -0.2) is 44.1 Å². The normalized spacial score (nSPS) is 20.6. The summed E-state index contributed by atoms with van der Waals surface area (Å²) < 4.78 is 10.9. The average molecular weight is 300 g/mol. The zero-order valence-corrected chi connectivity index (χ0v) is 12.3. The van der Waals surface area contributed by atoms with Crippen molar-refractivity contribution in [3.8, 4) is 5.75 Å². The summed E-state index contributed by atoms with van der Waals surface area (Å²) >= 11 is 5.79. The molecular formula is C15H22ClNO3. The molecule has 2 rings (SSSR count). The van der Waals surface area contributed by atoms with Crippen LogP contribution in [0.4, 0.5) is 0 Å². The summed E-state index contributed by atoms with van der Waals surface area (Å²) in [5.74, 6) is 1.28. The van der Waals surface area contributed by atoms with E-state index in [1.165, 1.54) is 6.42 Å². The lowest BCUT2D eigenvalue weighted by Gasteiger charge is -2.23. The molecule has 112 valence electrons. The second-order valence-electron chi connectivity index (χ2n) is 5.16. The van der Waals surface area contributed by atoms with Crippen LogP contribution in [0.1, 0.15) is 12.8 Å². The molecule has 1 aromatic carbocycles. The Kier molecular flexibility index (Phi) is 6.60. The van der Waals surface area contributed by atoms with Crippen LogP contribution in [0.5, 0.6) is 5.75 Å². The molecule has 0 radical (unpaired) electrons. The Bertz CT molecular complexity index is 379. The molecule has 1 aliphatic rings. The van der Waals surface area contributed by atoms with Crippen LogP contribution in [0, 0.1) is 5.92 Å². The van der Waals surface area contributed by atoms with E-state index in [0.29, 0.717) is 23.2 Å². The highest BCUT2D eigenvalue weighted by Crippen LogP contribution is 2.15. The van der Waals surface area contributed by atoms with Crippen molar-refractivity contribution in [2.45, 2.75) is 18.9 Å². The lowest BCUT2D eigenvalue weighted by Crippen LogP contribution is -2.36. The molecule has 1 fully saturated rings. The highest BCUT2D eigenvalue weighted by molar-refractivity contribution is 6.30. The molecule has 0 aliphatic carbocycles. The molecule has 4 nitrogen and oxygen atoms in total. The summed E-state index contributed by atoms with van der Waals surface area (Å²) in [6, 6.07) is 7.12. The number of benzene rings is 1. The van der Waals surface area contributed by atoms with Gasteiger partial charge in [-0.15, -0.1) is 0 Å². The van der Waals surface area contributed by atoms with E-state index in [1.807, 2.05) is 0 Å². The molecular weight excluding hydrogens is 278 g/mol. The molecule has 2 N–H and O–H groups in total. The Morgan fingerprint density at radius 2 is 2.20 bits per heavy atom. The van der Waals surface area contributed by atoms with Crippen molar-refractivity contribution in [3.05, 3.63) is 29.3 Å². The van der Waals surface area contributed by atoms with Gasteiger partial charge in [0.05, 0.1) is 6.61 Å². The van der Waals surface area contributed by atoms with Gasteiger partial charge in [-0.3, -0.25) is 0 Å². The smallest absolute Gasteiger partial charge is 0.119 e.